The minimum absolute atomic E-state index is 0.0101. The summed E-state index contributed by atoms with van der Waals surface area (Å²) in [5, 5.41) is 0. The maximum absolute atomic E-state index is 12.2. The van der Waals surface area contributed by atoms with Crippen LogP contribution in [0.25, 0.3) is 0 Å². The zero-order chi connectivity index (χ0) is 23.0. The van der Waals surface area contributed by atoms with Gasteiger partial charge in [-0.3, -0.25) is 9.79 Å². The second kappa shape index (κ2) is 11.5. The summed E-state index contributed by atoms with van der Waals surface area (Å²) in [7, 11) is 1.57. The molecule has 2 rings (SSSR count). The number of ketones is 1. The largest absolute Gasteiger partial charge is 0.493 e. The molecule has 0 spiro atoms. The van der Waals surface area contributed by atoms with Crippen molar-refractivity contribution in [2.75, 3.05) is 7.11 Å². The molecule has 1 aromatic carbocycles. The molecule has 4 heteroatoms. The van der Waals surface area contributed by atoms with Gasteiger partial charge in [0, 0.05) is 17.8 Å². The third-order valence-electron chi connectivity index (χ3n) is 5.05. The van der Waals surface area contributed by atoms with Crippen molar-refractivity contribution < 1.29 is 14.3 Å². The van der Waals surface area contributed by atoms with E-state index in [1.54, 1.807) is 26.2 Å². The lowest BCUT2D eigenvalue weighted by Crippen LogP contribution is -2.07. The van der Waals surface area contributed by atoms with E-state index in [4.69, 9.17) is 9.47 Å². The van der Waals surface area contributed by atoms with Gasteiger partial charge in [0.25, 0.3) is 0 Å². The van der Waals surface area contributed by atoms with E-state index in [1.807, 2.05) is 20.1 Å². The van der Waals surface area contributed by atoms with Crippen molar-refractivity contribution in [3.8, 4) is 11.5 Å². The lowest BCUT2D eigenvalue weighted by molar-refractivity contribution is 0.101. The number of hydrogen-bond donors (Lipinski definition) is 0. The first-order valence-electron chi connectivity index (χ1n) is 10.9. The molecule has 0 saturated carbocycles. The first-order valence-corrected chi connectivity index (χ1v) is 10.9. The van der Waals surface area contributed by atoms with Crippen molar-refractivity contribution in [2.24, 2.45) is 10.9 Å². The van der Waals surface area contributed by atoms with Crippen LogP contribution in [0.3, 0.4) is 0 Å². The van der Waals surface area contributed by atoms with E-state index in [-0.39, 0.29) is 17.8 Å². The van der Waals surface area contributed by atoms with Crippen molar-refractivity contribution >= 4 is 17.7 Å². The fourth-order valence-electron chi connectivity index (χ4n) is 3.41. The van der Waals surface area contributed by atoms with Crippen LogP contribution in [0.1, 0.15) is 64.7 Å². The Kier molecular flexibility index (Phi) is 9.04. The van der Waals surface area contributed by atoms with Gasteiger partial charge in [-0.1, -0.05) is 42.9 Å². The summed E-state index contributed by atoms with van der Waals surface area (Å²) in [5.41, 5.74) is 5.04. The van der Waals surface area contributed by atoms with E-state index in [0.717, 1.165) is 12.8 Å². The third-order valence-corrected chi connectivity index (χ3v) is 5.05. The van der Waals surface area contributed by atoms with E-state index in [0.29, 0.717) is 22.7 Å². The highest BCUT2D eigenvalue weighted by molar-refractivity contribution is 6.00. The molecule has 0 aliphatic heterocycles. The lowest BCUT2D eigenvalue weighted by Gasteiger charge is -2.16. The van der Waals surface area contributed by atoms with E-state index >= 15 is 0 Å². The van der Waals surface area contributed by atoms with Crippen LogP contribution >= 0.6 is 0 Å². The van der Waals surface area contributed by atoms with Crippen LogP contribution in [0.5, 0.6) is 11.5 Å². The summed E-state index contributed by atoms with van der Waals surface area (Å²) in [4.78, 5) is 16.9. The molecule has 4 nitrogen and oxygen atoms in total. The Balaban J connectivity index is 2.25. The Bertz CT molecular complexity index is 945. The lowest BCUT2D eigenvalue weighted by atomic mass is 9.94. The van der Waals surface area contributed by atoms with Gasteiger partial charge in [0.2, 0.25) is 0 Å². The van der Waals surface area contributed by atoms with Crippen molar-refractivity contribution in [3.05, 3.63) is 64.8 Å². The average Bonchev–Trinajstić information content (AvgIpc) is 2.94. The van der Waals surface area contributed by atoms with Gasteiger partial charge in [-0.2, -0.15) is 0 Å². The number of nitrogens with zero attached hydrogens (tertiary/aromatic N) is 1. The summed E-state index contributed by atoms with van der Waals surface area (Å²) in [5.74, 6) is 1.28. The number of carbonyl (C=O) groups is 1. The zero-order valence-electron chi connectivity index (χ0n) is 19.9. The highest BCUT2D eigenvalue weighted by Gasteiger charge is 2.16. The smallest absolute Gasteiger partial charge is 0.163 e. The Hall–Kier alpha value is -2.88. The predicted molar refractivity (Wildman–Crippen MR) is 130 cm³/mol. The minimum atomic E-state index is -0.0556. The van der Waals surface area contributed by atoms with E-state index in [1.165, 1.54) is 16.7 Å². The van der Waals surface area contributed by atoms with Crippen LogP contribution in [0.4, 0.5) is 5.69 Å². The van der Waals surface area contributed by atoms with Gasteiger partial charge in [0.15, 0.2) is 17.3 Å². The number of rotatable bonds is 9. The normalized spacial score (nSPS) is 15.5. The highest BCUT2D eigenvalue weighted by atomic mass is 16.5. The molecular weight excluding hydrogens is 386 g/mol. The second-order valence-electron chi connectivity index (χ2n) is 8.25. The maximum atomic E-state index is 12.2. The van der Waals surface area contributed by atoms with Crippen molar-refractivity contribution in [2.45, 2.75) is 60.5 Å². The van der Waals surface area contributed by atoms with Crippen molar-refractivity contribution in [1.29, 1.82) is 0 Å². The molecule has 1 aliphatic carbocycles. The van der Waals surface area contributed by atoms with Crippen LogP contribution in [0, 0.1) is 5.92 Å². The number of carbonyl (C=O) groups excluding carboxylic acids is 1. The second-order valence-corrected chi connectivity index (χ2v) is 8.25. The molecule has 0 bridgehead atoms. The fraction of sp³-hybridized carbons (Fsp3) is 0.407. The van der Waals surface area contributed by atoms with Gasteiger partial charge in [0.05, 0.1) is 18.9 Å². The standard InChI is InChI=1S/C27H35NO3/c1-8-22(23-11-9-10-19(4)12-13-23)14-20(5)17-28-25-16-27(31-18(2)3)26(30-7)15-24(25)21(6)29/h8-11,13,15-18,20H,12,14H2,1-7H3/b22-8+,28-17?. The van der Waals surface area contributed by atoms with Crippen LogP contribution in [0.15, 0.2) is 64.2 Å². The Morgan fingerprint density at radius 3 is 2.58 bits per heavy atom. The third kappa shape index (κ3) is 7.09. The molecule has 166 valence electrons. The summed E-state index contributed by atoms with van der Waals surface area (Å²) in [6.45, 7) is 11.8. The topological polar surface area (TPSA) is 47.9 Å². The van der Waals surface area contributed by atoms with Crippen LogP contribution in [0.2, 0.25) is 0 Å². The van der Waals surface area contributed by atoms with Crippen molar-refractivity contribution in [1.82, 2.24) is 0 Å². The first-order chi connectivity index (χ1) is 14.7. The van der Waals surface area contributed by atoms with Gasteiger partial charge in [-0.15, -0.1) is 0 Å². The van der Waals surface area contributed by atoms with Gasteiger partial charge in [0.1, 0.15) is 0 Å². The molecule has 0 fully saturated rings. The van der Waals surface area contributed by atoms with Crippen molar-refractivity contribution in [3.63, 3.8) is 0 Å². The Morgan fingerprint density at radius 1 is 1.23 bits per heavy atom. The van der Waals surface area contributed by atoms with Gasteiger partial charge < -0.3 is 9.47 Å². The number of hydrogen-bond acceptors (Lipinski definition) is 4. The number of ether oxygens (including phenoxy) is 2. The number of benzene rings is 1. The SMILES string of the molecule is C/C=C(\CC(C)C=Nc1cc(OC(C)C)c(OC)cc1C(C)=O)C1=CCC(C)=CC=C1. The molecule has 1 atom stereocenters. The van der Waals surface area contributed by atoms with E-state index in [9.17, 15) is 4.79 Å². The molecule has 0 aromatic heterocycles. The van der Waals surface area contributed by atoms with Crippen LogP contribution < -0.4 is 9.47 Å². The summed E-state index contributed by atoms with van der Waals surface area (Å²) < 4.78 is 11.3. The number of methoxy groups -OCH3 is 1. The Labute approximate surface area is 187 Å². The summed E-state index contributed by atoms with van der Waals surface area (Å²) >= 11 is 0. The molecule has 0 heterocycles. The molecule has 1 unspecified atom stereocenters. The molecule has 0 saturated heterocycles. The molecule has 0 amide bonds. The molecular formula is C27H35NO3. The summed E-state index contributed by atoms with van der Waals surface area (Å²) in [6.07, 6.45) is 14.6. The number of Topliss-reactive ketones (excluding diaryl/α,β-unsaturated/α-hetero) is 1. The van der Waals surface area contributed by atoms with Gasteiger partial charge in [-0.25, -0.2) is 0 Å². The van der Waals surface area contributed by atoms with Crippen LogP contribution in [-0.2, 0) is 0 Å². The molecule has 0 N–H and O–H groups in total. The summed E-state index contributed by atoms with van der Waals surface area (Å²) in [6, 6.07) is 3.51. The molecule has 0 radical (unpaired) electrons. The molecule has 31 heavy (non-hydrogen) atoms. The van der Waals surface area contributed by atoms with E-state index < -0.39 is 0 Å². The predicted octanol–water partition coefficient (Wildman–Crippen LogP) is 7.19. The minimum Gasteiger partial charge on any atom is -0.493 e. The maximum Gasteiger partial charge on any atom is 0.163 e. The molecule has 1 aliphatic rings. The number of allylic oxidation sites excluding steroid dienone is 8. The monoisotopic (exact) mass is 421 g/mol. The zero-order valence-corrected chi connectivity index (χ0v) is 19.9. The van der Waals surface area contributed by atoms with E-state index in [2.05, 4.69) is 56.1 Å². The Morgan fingerprint density at radius 2 is 1.97 bits per heavy atom. The van der Waals surface area contributed by atoms with Crippen LogP contribution in [-0.4, -0.2) is 25.2 Å². The van der Waals surface area contributed by atoms with Gasteiger partial charge >= 0.3 is 0 Å². The first kappa shape index (κ1) is 24.4. The quantitative estimate of drug-likeness (QED) is 0.313. The fourth-order valence-corrected chi connectivity index (χ4v) is 3.41. The highest BCUT2D eigenvalue weighted by Crippen LogP contribution is 2.36. The average molecular weight is 422 g/mol. The molecule has 1 aromatic rings. The van der Waals surface area contributed by atoms with Gasteiger partial charge in [-0.05, 0) is 70.6 Å². The number of aliphatic imine (C=N–C) groups is 1.